The highest BCUT2D eigenvalue weighted by molar-refractivity contribution is 7.99. The first-order valence-corrected chi connectivity index (χ1v) is 10.6. The molecule has 2 aromatic heterocycles. The lowest BCUT2D eigenvalue weighted by Crippen LogP contribution is -2.32. The summed E-state index contributed by atoms with van der Waals surface area (Å²) in [5, 5.41) is 10.2. The maximum absolute atomic E-state index is 12.5. The van der Waals surface area contributed by atoms with E-state index in [1.807, 2.05) is 52.9 Å². The summed E-state index contributed by atoms with van der Waals surface area (Å²) in [5.41, 5.74) is 1.05. The van der Waals surface area contributed by atoms with E-state index in [1.165, 1.54) is 11.8 Å². The van der Waals surface area contributed by atoms with Gasteiger partial charge in [0.2, 0.25) is 5.91 Å². The van der Waals surface area contributed by atoms with Gasteiger partial charge in [-0.25, -0.2) is 0 Å². The summed E-state index contributed by atoms with van der Waals surface area (Å²) in [7, 11) is 1.90. The molecule has 0 aliphatic carbocycles. The van der Waals surface area contributed by atoms with Gasteiger partial charge in [-0.15, -0.1) is 10.2 Å². The predicted molar refractivity (Wildman–Crippen MR) is 111 cm³/mol. The third-order valence-electron chi connectivity index (χ3n) is 4.82. The Morgan fingerprint density at radius 3 is 2.86 bits per heavy atom. The minimum absolute atomic E-state index is 0.172. The molecule has 1 saturated heterocycles. The Morgan fingerprint density at radius 2 is 2.07 bits per heavy atom. The van der Waals surface area contributed by atoms with Crippen LogP contribution < -0.4 is 0 Å². The molecule has 0 spiro atoms. The number of carbonyl (C=O) groups is 1. The molecule has 4 rings (SSSR count). The average Bonchev–Trinajstić information content (AvgIpc) is 3.27. The largest absolute Gasteiger partial charge is 0.453 e. The van der Waals surface area contributed by atoms with Crippen LogP contribution in [0, 0.1) is 0 Å². The fraction of sp³-hybridized carbons (Fsp3) is 0.350. The Balaban J connectivity index is 1.34. The van der Waals surface area contributed by atoms with Crippen molar-refractivity contribution in [3.05, 3.63) is 59.1 Å². The van der Waals surface area contributed by atoms with Crippen molar-refractivity contribution in [2.24, 2.45) is 7.05 Å². The van der Waals surface area contributed by atoms with Crippen molar-refractivity contribution in [3.8, 4) is 0 Å². The van der Waals surface area contributed by atoms with Crippen molar-refractivity contribution in [2.75, 3.05) is 19.6 Å². The zero-order chi connectivity index (χ0) is 20.2. The Bertz CT molecular complexity index is 989. The Labute approximate surface area is 178 Å². The van der Waals surface area contributed by atoms with Crippen LogP contribution in [0.2, 0.25) is 5.02 Å². The number of carbonyl (C=O) groups excluding carboxylic acids is 1. The first-order chi connectivity index (χ1) is 14.1. The molecule has 9 heteroatoms. The number of aryl methyl sites for hydroxylation is 1. The van der Waals surface area contributed by atoms with Gasteiger partial charge in [0.05, 0.1) is 6.54 Å². The fourth-order valence-corrected chi connectivity index (χ4v) is 4.22. The number of halogens is 1. The highest BCUT2D eigenvalue weighted by Gasteiger charge is 2.22. The maximum Gasteiger partial charge on any atom is 0.224 e. The standard InChI is InChI=1S/C20H22ClN5O2S/c1-24-14-22-23-20(24)29-19-6-5-17(28-19)13-25-8-7-18(27)26(10-9-25)12-15-3-2-4-16(21)11-15/h2-6,11,14H,7-10,12-13H2,1H3. The number of furan rings is 1. The van der Waals surface area contributed by atoms with E-state index in [0.29, 0.717) is 31.1 Å². The van der Waals surface area contributed by atoms with E-state index in [4.69, 9.17) is 16.0 Å². The lowest BCUT2D eigenvalue weighted by atomic mass is 10.2. The molecule has 152 valence electrons. The second-order valence-electron chi connectivity index (χ2n) is 7.02. The lowest BCUT2D eigenvalue weighted by molar-refractivity contribution is -0.130. The number of rotatable bonds is 6. The van der Waals surface area contributed by atoms with Crippen molar-refractivity contribution in [1.29, 1.82) is 0 Å². The monoisotopic (exact) mass is 431 g/mol. The van der Waals surface area contributed by atoms with Crippen molar-refractivity contribution >= 4 is 29.3 Å². The summed E-state index contributed by atoms with van der Waals surface area (Å²) < 4.78 is 7.79. The molecule has 0 atom stereocenters. The van der Waals surface area contributed by atoms with Crippen LogP contribution >= 0.6 is 23.4 Å². The molecule has 1 fully saturated rings. The predicted octanol–water partition coefficient (Wildman–Crippen LogP) is 3.45. The van der Waals surface area contributed by atoms with Gasteiger partial charge in [-0.3, -0.25) is 9.69 Å². The van der Waals surface area contributed by atoms with E-state index in [0.717, 1.165) is 34.7 Å². The molecule has 0 unspecified atom stereocenters. The van der Waals surface area contributed by atoms with Crippen LogP contribution in [0.3, 0.4) is 0 Å². The Kier molecular flexibility index (Phi) is 6.22. The number of aromatic nitrogens is 3. The molecule has 29 heavy (non-hydrogen) atoms. The fourth-order valence-electron chi connectivity index (χ4n) is 3.26. The van der Waals surface area contributed by atoms with Gasteiger partial charge < -0.3 is 13.9 Å². The number of hydrogen-bond donors (Lipinski definition) is 0. The van der Waals surface area contributed by atoms with Crippen molar-refractivity contribution in [1.82, 2.24) is 24.6 Å². The van der Waals surface area contributed by atoms with Gasteiger partial charge in [0.25, 0.3) is 0 Å². The minimum Gasteiger partial charge on any atom is -0.453 e. The summed E-state index contributed by atoms with van der Waals surface area (Å²) in [6.07, 6.45) is 2.16. The molecule has 1 aliphatic rings. The van der Waals surface area contributed by atoms with Crippen LogP contribution in [-0.4, -0.2) is 50.1 Å². The summed E-state index contributed by atoms with van der Waals surface area (Å²) in [5.74, 6) is 1.05. The number of nitrogens with zero attached hydrogens (tertiary/aromatic N) is 5. The maximum atomic E-state index is 12.5. The van der Waals surface area contributed by atoms with Crippen LogP contribution in [0.4, 0.5) is 0 Å². The summed E-state index contributed by atoms with van der Waals surface area (Å²) in [6, 6.07) is 11.6. The number of hydrogen-bond acceptors (Lipinski definition) is 6. The van der Waals surface area contributed by atoms with E-state index < -0.39 is 0 Å². The molecule has 7 nitrogen and oxygen atoms in total. The van der Waals surface area contributed by atoms with Crippen molar-refractivity contribution < 1.29 is 9.21 Å². The SMILES string of the molecule is Cn1cnnc1Sc1ccc(CN2CCC(=O)N(Cc3cccc(Cl)c3)CC2)o1. The third kappa shape index (κ3) is 5.20. The second kappa shape index (κ2) is 9.02. The highest BCUT2D eigenvalue weighted by atomic mass is 35.5. The molecule has 1 amide bonds. The second-order valence-corrected chi connectivity index (χ2v) is 8.43. The van der Waals surface area contributed by atoms with Gasteiger partial charge >= 0.3 is 0 Å². The lowest BCUT2D eigenvalue weighted by Gasteiger charge is -2.21. The Hall–Kier alpha value is -2.29. The van der Waals surface area contributed by atoms with Crippen LogP contribution in [0.5, 0.6) is 0 Å². The zero-order valence-corrected chi connectivity index (χ0v) is 17.7. The molecule has 3 aromatic rings. The third-order valence-corrected chi connectivity index (χ3v) is 6.03. The summed E-state index contributed by atoms with van der Waals surface area (Å²) >= 11 is 7.51. The molecule has 1 aliphatic heterocycles. The summed E-state index contributed by atoms with van der Waals surface area (Å²) in [6.45, 7) is 3.48. The average molecular weight is 432 g/mol. The van der Waals surface area contributed by atoms with Crippen LogP contribution in [-0.2, 0) is 24.9 Å². The van der Waals surface area contributed by atoms with Gasteiger partial charge in [0.1, 0.15) is 12.1 Å². The number of amides is 1. The molecule has 0 radical (unpaired) electrons. The van der Waals surface area contributed by atoms with E-state index in [9.17, 15) is 4.79 Å². The molecule has 3 heterocycles. The minimum atomic E-state index is 0.172. The molecule has 0 bridgehead atoms. The van der Waals surface area contributed by atoms with E-state index in [1.54, 1.807) is 6.33 Å². The van der Waals surface area contributed by atoms with Gasteiger partial charge in [-0.2, -0.15) is 0 Å². The Morgan fingerprint density at radius 1 is 1.17 bits per heavy atom. The highest BCUT2D eigenvalue weighted by Crippen LogP contribution is 2.27. The van der Waals surface area contributed by atoms with Crippen molar-refractivity contribution in [2.45, 2.75) is 29.8 Å². The molecular weight excluding hydrogens is 410 g/mol. The van der Waals surface area contributed by atoms with Crippen LogP contribution in [0.1, 0.15) is 17.7 Å². The topological polar surface area (TPSA) is 67.4 Å². The van der Waals surface area contributed by atoms with E-state index >= 15 is 0 Å². The van der Waals surface area contributed by atoms with E-state index in [-0.39, 0.29) is 5.91 Å². The quantitative estimate of drug-likeness (QED) is 0.595. The molecule has 0 saturated carbocycles. The van der Waals surface area contributed by atoms with E-state index in [2.05, 4.69) is 15.1 Å². The number of benzene rings is 1. The zero-order valence-electron chi connectivity index (χ0n) is 16.1. The van der Waals surface area contributed by atoms with Gasteiger partial charge in [0, 0.05) is 44.7 Å². The van der Waals surface area contributed by atoms with Gasteiger partial charge in [-0.05, 0) is 41.6 Å². The van der Waals surface area contributed by atoms with Crippen LogP contribution in [0.25, 0.3) is 0 Å². The first-order valence-electron chi connectivity index (χ1n) is 9.42. The van der Waals surface area contributed by atoms with Gasteiger partial charge in [-0.1, -0.05) is 23.7 Å². The van der Waals surface area contributed by atoms with Crippen molar-refractivity contribution in [3.63, 3.8) is 0 Å². The molecular formula is C20H22ClN5O2S. The van der Waals surface area contributed by atoms with Gasteiger partial charge in [0.15, 0.2) is 10.2 Å². The molecule has 1 aromatic carbocycles. The normalized spacial score (nSPS) is 15.7. The van der Waals surface area contributed by atoms with Crippen LogP contribution in [0.15, 0.2) is 57.4 Å². The molecule has 0 N–H and O–H groups in total. The first kappa shape index (κ1) is 20.0. The summed E-state index contributed by atoms with van der Waals surface area (Å²) in [4.78, 5) is 16.7. The smallest absolute Gasteiger partial charge is 0.224 e.